The minimum Gasteiger partial charge on any atom is -0.326 e. The fourth-order valence-corrected chi connectivity index (χ4v) is 2.80. The minimum atomic E-state index is -3.28. The number of benzene rings is 2. The normalized spacial score (nSPS) is 11.1. The number of halogens is 1. The van der Waals surface area contributed by atoms with Gasteiger partial charge in [0.25, 0.3) is 0 Å². The second kappa shape index (κ2) is 7.31. The van der Waals surface area contributed by atoms with Gasteiger partial charge in [-0.05, 0) is 64.6 Å². The van der Waals surface area contributed by atoms with Crippen molar-refractivity contribution in [3.63, 3.8) is 0 Å². The summed E-state index contributed by atoms with van der Waals surface area (Å²) in [7, 11) is -1.79. The highest BCUT2D eigenvalue weighted by atomic mass is 127. The Morgan fingerprint density at radius 2 is 1.65 bits per heavy atom. The number of anilines is 2. The summed E-state index contributed by atoms with van der Waals surface area (Å²) in [5.74, 6) is -0.115. The Balaban J connectivity index is 2.00. The van der Waals surface area contributed by atoms with Crippen LogP contribution in [0.15, 0.2) is 48.5 Å². The Hall–Kier alpha value is -1.61. The van der Waals surface area contributed by atoms with Crippen molar-refractivity contribution < 1.29 is 13.2 Å². The van der Waals surface area contributed by atoms with Crippen molar-refractivity contribution in [3.05, 3.63) is 57.7 Å². The van der Waals surface area contributed by atoms with E-state index in [0.29, 0.717) is 5.69 Å². The predicted octanol–water partition coefficient (Wildman–Crippen LogP) is 2.87. The van der Waals surface area contributed by atoms with Crippen LogP contribution < -0.4 is 9.62 Å². The molecule has 0 heterocycles. The van der Waals surface area contributed by atoms with Crippen LogP contribution in [0.25, 0.3) is 0 Å². The number of nitrogens with one attached hydrogen (secondary N) is 1. The molecule has 7 heteroatoms. The molecule has 5 nitrogen and oxygen atoms in total. The molecular formula is C16H17IN2O3S. The summed E-state index contributed by atoms with van der Waals surface area (Å²) >= 11 is 2.20. The van der Waals surface area contributed by atoms with Crippen molar-refractivity contribution in [2.24, 2.45) is 0 Å². The van der Waals surface area contributed by atoms with Gasteiger partial charge in [0.15, 0.2) is 0 Å². The highest BCUT2D eigenvalue weighted by molar-refractivity contribution is 14.1. The van der Waals surface area contributed by atoms with Gasteiger partial charge < -0.3 is 5.32 Å². The molecule has 0 saturated heterocycles. The molecule has 0 spiro atoms. The Labute approximate surface area is 149 Å². The van der Waals surface area contributed by atoms with E-state index in [9.17, 15) is 13.2 Å². The molecule has 2 aromatic carbocycles. The van der Waals surface area contributed by atoms with Gasteiger partial charge in [-0.15, -0.1) is 0 Å². The van der Waals surface area contributed by atoms with Gasteiger partial charge in [-0.2, -0.15) is 0 Å². The quantitative estimate of drug-likeness (QED) is 0.722. The van der Waals surface area contributed by atoms with Crippen LogP contribution in [-0.4, -0.2) is 27.6 Å². The van der Waals surface area contributed by atoms with Crippen LogP contribution >= 0.6 is 22.6 Å². The maximum Gasteiger partial charge on any atom is 0.231 e. The molecule has 0 aliphatic heterocycles. The molecule has 1 N–H and O–H groups in total. The zero-order valence-corrected chi connectivity index (χ0v) is 15.8. The second-order valence-electron chi connectivity index (χ2n) is 5.13. The lowest BCUT2D eigenvalue weighted by atomic mass is 10.1. The topological polar surface area (TPSA) is 66.5 Å². The third-order valence-electron chi connectivity index (χ3n) is 3.29. The van der Waals surface area contributed by atoms with Gasteiger partial charge in [0.05, 0.1) is 18.4 Å². The van der Waals surface area contributed by atoms with Gasteiger partial charge in [0.1, 0.15) is 0 Å². The fourth-order valence-electron chi connectivity index (χ4n) is 1.94. The second-order valence-corrected chi connectivity index (χ2v) is 8.39. The molecule has 0 aliphatic carbocycles. The molecule has 122 valence electrons. The van der Waals surface area contributed by atoms with Gasteiger partial charge in [-0.1, -0.05) is 12.1 Å². The fraction of sp³-hybridized carbons (Fsp3) is 0.188. The van der Waals surface area contributed by atoms with Gasteiger partial charge in [-0.3, -0.25) is 9.10 Å². The molecule has 0 bridgehead atoms. The molecule has 23 heavy (non-hydrogen) atoms. The predicted molar refractivity (Wildman–Crippen MR) is 101 cm³/mol. The molecule has 0 atom stereocenters. The maximum absolute atomic E-state index is 12.0. The summed E-state index contributed by atoms with van der Waals surface area (Å²) in [5, 5.41) is 2.83. The van der Waals surface area contributed by atoms with Crippen LogP contribution in [-0.2, 0) is 21.2 Å². The van der Waals surface area contributed by atoms with Crippen molar-refractivity contribution in [1.82, 2.24) is 0 Å². The third kappa shape index (κ3) is 5.21. The van der Waals surface area contributed by atoms with Crippen molar-refractivity contribution in [3.8, 4) is 0 Å². The smallest absolute Gasteiger partial charge is 0.231 e. The lowest BCUT2D eigenvalue weighted by Gasteiger charge is -2.16. The monoisotopic (exact) mass is 444 g/mol. The minimum absolute atomic E-state index is 0.115. The molecule has 0 fully saturated rings. The van der Waals surface area contributed by atoms with Crippen LogP contribution in [0.5, 0.6) is 0 Å². The summed E-state index contributed by atoms with van der Waals surface area (Å²) in [5.41, 5.74) is 2.14. The van der Waals surface area contributed by atoms with Crippen LogP contribution in [0.1, 0.15) is 5.56 Å². The lowest BCUT2D eigenvalue weighted by Crippen LogP contribution is -2.24. The van der Waals surface area contributed by atoms with Crippen LogP contribution in [0.3, 0.4) is 0 Å². The molecular weight excluding hydrogens is 427 g/mol. The molecule has 0 aliphatic rings. The molecule has 0 saturated carbocycles. The maximum atomic E-state index is 12.0. The zero-order chi connectivity index (χ0) is 17.0. The number of hydrogen-bond donors (Lipinski definition) is 1. The van der Waals surface area contributed by atoms with Crippen LogP contribution in [0, 0.1) is 3.57 Å². The SMILES string of the molecule is CN(c1ccc(CC(=O)Nc2ccc(I)cc2)cc1)S(C)(=O)=O. The molecule has 2 rings (SSSR count). The van der Waals surface area contributed by atoms with Crippen molar-refractivity contribution in [1.29, 1.82) is 0 Å². The summed E-state index contributed by atoms with van der Waals surface area (Å²) < 4.78 is 25.3. The highest BCUT2D eigenvalue weighted by Crippen LogP contribution is 2.17. The first-order valence-corrected chi connectivity index (χ1v) is 9.76. The standard InChI is InChI=1S/C16H17IN2O3S/c1-19(23(2,21)22)15-9-3-12(4-10-15)11-16(20)18-14-7-5-13(17)6-8-14/h3-10H,11H2,1-2H3,(H,18,20). The summed E-state index contributed by atoms with van der Waals surface area (Å²) in [6.07, 6.45) is 1.38. The largest absolute Gasteiger partial charge is 0.326 e. The number of hydrogen-bond acceptors (Lipinski definition) is 3. The first-order valence-electron chi connectivity index (χ1n) is 6.84. The number of nitrogens with zero attached hydrogens (tertiary/aromatic N) is 1. The third-order valence-corrected chi connectivity index (χ3v) is 5.21. The zero-order valence-electron chi connectivity index (χ0n) is 12.8. The van der Waals surface area contributed by atoms with E-state index in [4.69, 9.17) is 0 Å². The average Bonchev–Trinajstić information content (AvgIpc) is 2.49. The number of carbonyl (C=O) groups is 1. The van der Waals surface area contributed by atoms with E-state index >= 15 is 0 Å². The van der Waals surface area contributed by atoms with Crippen LogP contribution in [0.4, 0.5) is 11.4 Å². The first kappa shape index (κ1) is 17.7. The van der Waals surface area contributed by atoms with E-state index in [0.717, 1.165) is 21.1 Å². The van der Waals surface area contributed by atoms with Gasteiger partial charge in [0.2, 0.25) is 15.9 Å². The number of sulfonamides is 1. The average molecular weight is 444 g/mol. The highest BCUT2D eigenvalue weighted by Gasteiger charge is 2.12. The molecule has 2 aromatic rings. The molecule has 1 amide bonds. The van der Waals surface area contributed by atoms with Gasteiger partial charge in [0, 0.05) is 16.3 Å². The number of amides is 1. The number of rotatable bonds is 5. The molecule has 0 radical (unpaired) electrons. The van der Waals surface area contributed by atoms with E-state index in [-0.39, 0.29) is 12.3 Å². The van der Waals surface area contributed by atoms with E-state index in [1.165, 1.54) is 11.4 Å². The van der Waals surface area contributed by atoms with E-state index < -0.39 is 10.0 Å². The van der Waals surface area contributed by atoms with Crippen molar-refractivity contribution in [2.75, 3.05) is 22.9 Å². The lowest BCUT2D eigenvalue weighted by molar-refractivity contribution is -0.115. The Morgan fingerprint density at radius 1 is 1.09 bits per heavy atom. The summed E-state index contributed by atoms with van der Waals surface area (Å²) in [4.78, 5) is 12.0. The summed E-state index contributed by atoms with van der Waals surface area (Å²) in [6.45, 7) is 0. The Morgan fingerprint density at radius 3 is 2.17 bits per heavy atom. The van der Waals surface area contributed by atoms with Gasteiger partial charge >= 0.3 is 0 Å². The van der Waals surface area contributed by atoms with Gasteiger partial charge in [-0.25, -0.2) is 8.42 Å². The van der Waals surface area contributed by atoms with E-state index in [1.54, 1.807) is 24.3 Å². The van der Waals surface area contributed by atoms with Crippen molar-refractivity contribution >= 4 is 49.9 Å². The van der Waals surface area contributed by atoms with Crippen LogP contribution in [0.2, 0.25) is 0 Å². The Bertz CT molecular complexity index is 787. The molecule has 0 aromatic heterocycles. The van der Waals surface area contributed by atoms with Crippen molar-refractivity contribution in [2.45, 2.75) is 6.42 Å². The number of carbonyl (C=O) groups excluding carboxylic acids is 1. The molecule has 0 unspecified atom stereocenters. The first-order chi connectivity index (χ1) is 10.8. The Kier molecular flexibility index (Phi) is 5.64. The summed E-state index contributed by atoms with van der Waals surface area (Å²) in [6, 6.07) is 14.4. The van der Waals surface area contributed by atoms with E-state index in [2.05, 4.69) is 27.9 Å². The van der Waals surface area contributed by atoms with E-state index in [1.807, 2.05) is 24.3 Å².